The molecule has 3 aromatic heterocycles. The minimum absolute atomic E-state index is 0.0133. The van der Waals surface area contributed by atoms with Crippen molar-refractivity contribution < 1.29 is 43.7 Å². The average molecular weight is 889 g/mol. The van der Waals surface area contributed by atoms with Gasteiger partial charge in [-0.1, -0.05) is 11.8 Å². The molecule has 2 aromatic carbocycles. The number of anilines is 3. The zero-order chi connectivity index (χ0) is 43.4. The molecule has 17 nitrogen and oxygen atoms in total. The molecule has 2 aliphatic rings. The van der Waals surface area contributed by atoms with Crippen LogP contribution in [0.25, 0.3) is 10.1 Å². The molecule has 0 spiro atoms. The number of hydrogen-bond acceptors (Lipinski definition) is 14. The normalized spacial score (nSPS) is 15.5. The monoisotopic (exact) mass is 888 g/mol. The van der Waals surface area contributed by atoms with Crippen molar-refractivity contribution >= 4 is 104 Å². The first-order valence-corrected chi connectivity index (χ1v) is 21.7. The highest BCUT2D eigenvalue weighted by atomic mass is 32.2. The van der Waals surface area contributed by atoms with Crippen molar-refractivity contribution in [3.63, 3.8) is 0 Å². The summed E-state index contributed by atoms with van der Waals surface area (Å²) in [5.74, 6) is -0.102. The second kappa shape index (κ2) is 18.9. The Balaban J connectivity index is 0.897. The lowest BCUT2D eigenvalue weighted by atomic mass is 10.1. The van der Waals surface area contributed by atoms with E-state index in [1.165, 1.54) is 29.2 Å². The van der Waals surface area contributed by atoms with Gasteiger partial charge in [-0.3, -0.25) is 29.0 Å². The summed E-state index contributed by atoms with van der Waals surface area (Å²) in [5, 5.41) is 28.4. The summed E-state index contributed by atoms with van der Waals surface area (Å²) in [6.07, 6.45) is 5.12. The molecule has 2 aliphatic heterocycles. The standard InChI is InChI=1S/C41H44N8O9S3/c1-47-18-24(43-36(52)7-5-11-58-32-16-27-26(15-31(32)57-3)40(55)49-10-4-6-25(49)17-42-27)14-28(47)38(53)44-23-8-9-33-22(12-23)13-34(61-33)39(54)46-35-19-48(2)37(45-35)41(56)60-21-30(51)29(50)20-59/h8-9,12-19,25,29-30,50-51,59H,4-7,10-11,20-21H2,1-3H3,(H,43,52)(H,44,53)(H,46,54)/t25-,29+,30+/m0/s1. The summed E-state index contributed by atoms with van der Waals surface area (Å²) in [6.45, 7) is 0.905. The maximum atomic E-state index is 13.3. The number of amides is 4. The molecule has 3 atom stereocenters. The molecule has 1 fully saturated rings. The van der Waals surface area contributed by atoms with E-state index in [9.17, 15) is 34.2 Å². The predicted octanol–water partition coefficient (Wildman–Crippen LogP) is 5.13. The van der Waals surface area contributed by atoms with Crippen molar-refractivity contribution in [1.82, 2.24) is 19.0 Å². The number of fused-ring (bicyclic) bond motifs is 3. The largest absolute Gasteiger partial charge is 0.493 e. The van der Waals surface area contributed by atoms with Crippen LogP contribution in [0.5, 0.6) is 11.5 Å². The highest BCUT2D eigenvalue weighted by Gasteiger charge is 2.32. The maximum absolute atomic E-state index is 13.3. The highest BCUT2D eigenvalue weighted by molar-refractivity contribution is 8.14. The number of methoxy groups -OCH3 is 1. The topological polar surface area (TPSA) is 219 Å². The number of rotatable bonds is 16. The van der Waals surface area contributed by atoms with Crippen LogP contribution >= 0.6 is 35.7 Å². The fourth-order valence-corrected chi connectivity index (χ4v) is 8.94. The molecule has 0 unspecified atom stereocenters. The predicted molar refractivity (Wildman–Crippen MR) is 238 cm³/mol. The Kier molecular flexibility index (Phi) is 13.5. The lowest BCUT2D eigenvalue weighted by Gasteiger charge is -2.20. The summed E-state index contributed by atoms with van der Waals surface area (Å²) in [5.41, 5.74) is 2.23. The molecular formula is C41H44N8O9S3. The van der Waals surface area contributed by atoms with Crippen molar-refractivity contribution in [2.75, 3.05) is 47.7 Å². The number of carbonyl (C=O) groups excluding carboxylic acids is 5. The maximum Gasteiger partial charge on any atom is 0.272 e. The molecule has 0 bridgehead atoms. The van der Waals surface area contributed by atoms with Crippen LogP contribution in [-0.4, -0.2) is 114 Å². The van der Waals surface area contributed by atoms with Crippen LogP contribution < -0.4 is 25.4 Å². The van der Waals surface area contributed by atoms with E-state index in [-0.39, 0.29) is 54.0 Å². The zero-order valence-electron chi connectivity index (χ0n) is 33.4. The molecule has 20 heteroatoms. The van der Waals surface area contributed by atoms with Gasteiger partial charge in [-0.25, -0.2) is 4.98 Å². The first-order valence-electron chi connectivity index (χ1n) is 19.3. The Hall–Kier alpha value is -5.67. The van der Waals surface area contributed by atoms with Gasteiger partial charge in [-0.05, 0) is 61.0 Å². The molecule has 61 heavy (non-hydrogen) atoms. The van der Waals surface area contributed by atoms with Crippen molar-refractivity contribution in [2.24, 2.45) is 19.1 Å². The molecule has 1 saturated heterocycles. The van der Waals surface area contributed by atoms with Crippen molar-refractivity contribution in [1.29, 1.82) is 0 Å². The number of aliphatic hydroxyl groups is 2. The van der Waals surface area contributed by atoms with Crippen LogP contribution in [0.4, 0.5) is 22.9 Å². The van der Waals surface area contributed by atoms with Crippen LogP contribution in [0.3, 0.4) is 0 Å². The average Bonchev–Trinajstić information content (AvgIpc) is 4.04. The lowest BCUT2D eigenvalue weighted by molar-refractivity contribution is -0.116. The third kappa shape index (κ3) is 9.94. The zero-order valence-corrected chi connectivity index (χ0v) is 35.9. The number of ether oxygens (including phenoxy) is 2. The minimum atomic E-state index is -1.13. The van der Waals surface area contributed by atoms with E-state index < -0.39 is 29.1 Å². The number of imidazole rings is 1. The Morgan fingerprint density at radius 2 is 1.80 bits per heavy atom. The molecule has 7 rings (SSSR count). The van der Waals surface area contributed by atoms with Crippen LogP contribution in [-0.2, 0) is 18.9 Å². The summed E-state index contributed by atoms with van der Waals surface area (Å²) in [4.78, 5) is 76.2. The molecule has 5 heterocycles. The third-order valence-electron chi connectivity index (χ3n) is 10.1. The summed E-state index contributed by atoms with van der Waals surface area (Å²) in [6, 6.07) is 11.9. The van der Waals surface area contributed by atoms with E-state index in [1.54, 1.807) is 67.3 Å². The number of thioether (sulfide) groups is 1. The van der Waals surface area contributed by atoms with Gasteiger partial charge < -0.3 is 49.7 Å². The van der Waals surface area contributed by atoms with Gasteiger partial charge in [0.2, 0.25) is 5.91 Å². The number of thiol groups is 1. The van der Waals surface area contributed by atoms with Gasteiger partial charge in [0.1, 0.15) is 5.69 Å². The molecule has 4 amide bonds. The number of carbonyl (C=O) groups is 5. The Labute approximate surface area is 363 Å². The van der Waals surface area contributed by atoms with E-state index >= 15 is 0 Å². The number of hydrogen-bond donors (Lipinski definition) is 6. The molecule has 0 aliphatic carbocycles. The fourth-order valence-electron chi connectivity index (χ4n) is 6.90. The van der Waals surface area contributed by atoms with E-state index in [4.69, 9.17) is 9.47 Å². The van der Waals surface area contributed by atoms with Crippen molar-refractivity contribution in [2.45, 2.75) is 43.9 Å². The van der Waals surface area contributed by atoms with Gasteiger partial charge in [0, 0.05) is 73.6 Å². The highest BCUT2D eigenvalue weighted by Crippen LogP contribution is 2.38. The Morgan fingerprint density at radius 1 is 0.984 bits per heavy atom. The molecule has 5 N–H and O–H groups in total. The van der Waals surface area contributed by atoms with Crippen LogP contribution in [0.1, 0.15) is 66.8 Å². The Morgan fingerprint density at radius 3 is 2.59 bits per heavy atom. The van der Waals surface area contributed by atoms with E-state index in [1.807, 2.05) is 11.1 Å². The Bertz CT molecular complexity index is 2530. The van der Waals surface area contributed by atoms with Crippen LogP contribution in [0.2, 0.25) is 0 Å². The fraction of sp³-hybridized carbons (Fsp3) is 0.341. The summed E-state index contributed by atoms with van der Waals surface area (Å²) >= 11 is 5.99. The molecule has 320 valence electrons. The van der Waals surface area contributed by atoms with Gasteiger partial charge in [0.15, 0.2) is 23.1 Å². The summed E-state index contributed by atoms with van der Waals surface area (Å²) in [7, 11) is 4.81. The van der Waals surface area contributed by atoms with Gasteiger partial charge in [-0.15, -0.1) is 11.3 Å². The first-order chi connectivity index (χ1) is 29.3. The third-order valence-corrected chi connectivity index (χ3v) is 12.5. The second-order valence-electron chi connectivity index (χ2n) is 14.5. The number of aliphatic hydroxyl groups excluding tert-OH is 2. The number of nitrogens with one attached hydrogen (secondary N) is 3. The first kappa shape index (κ1) is 43.4. The van der Waals surface area contributed by atoms with Crippen molar-refractivity contribution in [3.8, 4) is 11.5 Å². The summed E-state index contributed by atoms with van der Waals surface area (Å²) < 4.78 is 15.4. The van der Waals surface area contributed by atoms with Crippen LogP contribution in [0.15, 0.2) is 59.9 Å². The van der Waals surface area contributed by atoms with Gasteiger partial charge in [-0.2, -0.15) is 12.6 Å². The van der Waals surface area contributed by atoms with E-state index in [0.717, 1.165) is 34.7 Å². The number of thiophene rings is 1. The van der Waals surface area contributed by atoms with Crippen molar-refractivity contribution in [3.05, 3.63) is 76.8 Å². The number of aliphatic imine (C=N–C) groups is 1. The smallest absolute Gasteiger partial charge is 0.272 e. The number of benzene rings is 2. The molecular weight excluding hydrogens is 845 g/mol. The number of nitrogens with zero attached hydrogens (tertiary/aromatic N) is 5. The van der Waals surface area contributed by atoms with Gasteiger partial charge in [0.05, 0.1) is 53.8 Å². The SMILES string of the molecule is COc1cc2c(cc1OCCCC(=O)Nc1cc(C(=O)Nc3ccc4sc(C(=O)Nc5cn(C)c(C(=O)SC[C@@H](O)[C@H](O)CS)n5)cc4c3)n(C)c1)N=C[C@@H]1CCCN1C2=O. The van der Waals surface area contributed by atoms with Crippen LogP contribution in [0, 0.1) is 0 Å². The molecule has 0 saturated carbocycles. The van der Waals surface area contributed by atoms with E-state index in [2.05, 4.69) is 38.6 Å². The number of aromatic nitrogens is 3. The molecule has 0 radical (unpaired) electrons. The van der Waals surface area contributed by atoms with E-state index in [0.29, 0.717) is 57.7 Å². The molecule has 5 aromatic rings. The minimum Gasteiger partial charge on any atom is -0.493 e. The second-order valence-corrected chi connectivity index (χ2v) is 16.9. The number of aryl methyl sites for hydroxylation is 2. The lowest BCUT2D eigenvalue weighted by Crippen LogP contribution is -2.35. The quantitative estimate of drug-likeness (QED) is 0.0564. The van der Waals surface area contributed by atoms with Gasteiger partial charge in [0.25, 0.3) is 22.8 Å². The van der Waals surface area contributed by atoms with Gasteiger partial charge >= 0.3 is 0 Å².